The van der Waals surface area contributed by atoms with E-state index < -0.39 is 0 Å². The van der Waals surface area contributed by atoms with E-state index in [1.54, 1.807) is 37.3 Å². The number of carbonyl (C=O) groups excluding carboxylic acids is 2. The SMILES string of the molecule is CCOC(=O)c1ccc(Nc2nc(C)cc(C(=O)N3CCCCCC3)n2)cc1. The zero-order valence-corrected chi connectivity index (χ0v) is 16.4. The van der Waals surface area contributed by atoms with Gasteiger partial charge in [-0.25, -0.2) is 14.8 Å². The third-order valence-corrected chi connectivity index (χ3v) is 4.62. The lowest BCUT2D eigenvalue weighted by atomic mass is 10.2. The maximum atomic E-state index is 12.8. The molecule has 0 saturated carbocycles. The topological polar surface area (TPSA) is 84.4 Å². The number of likely N-dealkylation sites (tertiary alicyclic amines) is 1. The van der Waals surface area contributed by atoms with E-state index in [1.165, 1.54) is 12.8 Å². The number of carbonyl (C=O) groups is 2. The van der Waals surface area contributed by atoms with Crippen LogP contribution in [0.5, 0.6) is 0 Å². The molecule has 1 aliphatic heterocycles. The number of amides is 1. The van der Waals surface area contributed by atoms with E-state index in [-0.39, 0.29) is 11.9 Å². The molecule has 148 valence electrons. The van der Waals surface area contributed by atoms with Crippen LogP contribution in [0.25, 0.3) is 0 Å². The zero-order chi connectivity index (χ0) is 19.9. The fourth-order valence-corrected chi connectivity index (χ4v) is 3.20. The Bertz CT molecular complexity index is 828. The Morgan fingerprint density at radius 1 is 1.07 bits per heavy atom. The quantitative estimate of drug-likeness (QED) is 0.794. The Morgan fingerprint density at radius 2 is 1.75 bits per heavy atom. The number of rotatable bonds is 5. The molecule has 7 heteroatoms. The number of ether oxygens (including phenoxy) is 1. The fraction of sp³-hybridized carbons (Fsp3) is 0.429. The monoisotopic (exact) mass is 382 g/mol. The van der Waals surface area contributed by atoms with Gasteiger partial charge in [0.25, 0.3) is 5.91 Å². The second-order valence-corrected chi connectivity index (χ2v) is 6.85. The number of anilines is 2. The summed E-state index contributed by atoms with van der Waals surface area (Å²) in [5.41, 5.74) is 2.33. The average Bonchev–Trinajstić information content (AvgIpc) is 2.97. The van der Waals surface area contributed by atoms with Gasteiger partial charge in [-0.15, -0.1) is 0 Å². The summed E-state index contributed by atoms with van der Waals surface area (Å²) in [7, 11) is 0. The summed E-state index contributed by atoms with van der Waals surface area (Å²) in [6.45, 7) is 5.51. The molecule has 1 N–H and O–H groups in total. The minimum Gasteiger partial charge on any atom is -0.462 e. The molecular formula is C21H26N4O3. The zero-order valence-electron chi connectivity index (χ0n) is 16.4. The first-order valence-corrected chi connectivity index (χ1v) is 9.76. The minimum atomic E-state index is -0.355. The molecule has 0 aliphatic carbocycles. The molecule has 3 rings (SSSR count). The summed E-state index contributed by atoms with van der Waals surface area (Å²) in [5, 5.41) is 3.11. The predicted molar refractivity (Wildman–Crippen MR) is 107 cm³/mol. The van der Waals surface area contributed by atoms with Crippen LogP contribution in [-0.4, -0.2) is 46.4 Å². The van der Waals surface area contributed by atoms with Crippen LogP contribution in [0.4, 0.5) is 11.6 Å². The van der Waals surface area contributed by atoms with Gasteiger partial charge in [0.15, 0.2) is 0 Å². The van der Waals surface area contributed by atoms with Gasteiger partial charge in [0.2, 0.25) is 5.95 Å². The van der Waals surface area contributed by atoms with Gasteiger partial charge < -0.3 is 15.0 Å². The van der Waals surface area contributed by atoms with Crippen molar-refractivity contribution in [2.75, 3.05) is 25.0 Å². The first kappa shape index (κ1) is 19.8. The number of esters is 1. The van der Waals surface area contributed by atoms with E-state index in [4.69, 9.17) is 4.74 Å². The highest BCUT2D eigenvalue weighted by molar-refractivity contribution is 5.93. The van der Waals surface area contributed by atoms with Crippen molar-refractivity contribution in [1.29, 1.82) is 0 Å². The van der Waals surface area contributed by atoms with Crippen LogP contribution in [0.1, 0.15) is 59.1 Å². The van der Waals surface area contributed by atoms with Gasteiger partial charge in [-0.05, 0) is 57.0 Å². The van der Waals surface area contributed by atoms with Crippen molar-refractivity contribution in [3.8, 4) is 0 Å². The molecule has 2 heterocycles. The Labute approximate surface area is 165 Å². The Kier molecular flexibility index (Phi) is 6.57. The summed E-state index contributed by atoms with van der Waals surface area (Å²) in [6.07, 6.45) is 4.41. The van der Waals surface area contributed by atoms with Crippen molar-refractivity contribution in [3.05, 3.63) is 47.3 Å². The molecular weight excluding hydrogens is 356 g/mol. The molecule has 1 fully saturated rings. The van der Waals surface area contributed by atoms with Crippen molar-refractivity contribution in [3.63, 3.8) is 0 Å². The number of benzene rings is 1. The molecule has 1 aliphatic rings. The normalized spacial score (nSPS) is 14.3. The molecule has 0 unspecified atom stereocenters. The molecule has 1 amide bonds. The maximum absolute atomic E-state index is 12.8. The summed E-state index contributed by atoms with van der Waals surface area (Å²) in [6, 6.07) is 8.60. The lowest BCUT2D eigenvalue weighted by Crippen LogP contribution is -2.32. The first-order chi connectivity index (χ1) is 13.6. The molecule has 1 aromatic carbocycles. The number of nitrogens with zero attached hydrogens (tertiary/aromatic N) is 3. The van der Waals surface area contributed by atoms with Gasteiger partial charge in [0, 0.05) is 24.5 Å². The van der Waals surface area contributed by atoms with Crippen LogP contribution in [0.2, 0.25) is 0 Å². The predicted octanol–water partition coefficient (Wildman–Crippen LogP) is 3.72. The molecule has 0 atom stereocenters. The van der Waals surface area contributed by atoms with E-state index in [0.717, 1.165) is 37.3 Å². The van der Waals surface area contributed by atoms with E-state index in [1.807, 2.05) is 11.8 Å². The van der Waals surface area contributed by atoms with E-state index in [2.05, 4.69) is 15.3 Å². The number of hydrogen-bond donors (Lipinski definition) is 1. The molecule has 2 aromatic rings. The Morgan fingerprint density at radius 3 is 2.39 bits per heavy atom. The van der Waals surface area contributed by atoms with E-state index >= 15 is 0 Å². The molecule has 1 saturated heterocycles. The summed E-state index contributed by atoms with van der Waals surface area (Å²) in [5.74, 6) is -0.0404. The minimum absolute atomic E-state index is 0.0480. The van der Waals surface area contributed by atoms with Crippen LogP contribution in [0.3, 0.4) is 0 Å². The van der Waals surface area contributed by atoms with Crippen LogP contribution in [0, 0.1) is 6.92 Å². The van der Waals surface area contributed by atoms with Crippen LogP contribution in [0.15, 0.2) is 30.3 Å². The number of aromatic nitrogens is 2. The standard InChI is InChI=1S/C21H26N4O3/c1-3-28-20(27)16-8-10-17(11-9-16)23-21-22-15(2)14-18(24-21)19(26)25-12-6-4-5-7-13-25/h8-11,14H,3-7,12-13H2,1-2H3,(H,22,23,24). The van der Waals surface area contributed by atoms with Gasteiger partial charge >= 0.3 is 5.97 Å². The second kappa shape index (κ2) is 9.30. The van der Waals surface area contributed by atoms with Gasteiger partial charge in [-0.1, -0.05) is 12.8 Å². The summed E-state index contributed by atoms with van der Waals surface area (Å²) >= 11 is 0. The van der Waals surface area contributed by atoms with Gasteiger partial charge in [0.1, 0.15) is 5.69 Å². The van der Waals surface area contributed by atoms with Crippen LogP contribution < -0.4 is 5.32 Å². The van der Waals surface area contributed by atoms with Gasteiger partial charge in [0.05, 0.1) is 12.2 Å². The van der Waals surface area contributed by atoms with Crippen molar-refractivity contribution in [2.45, 2.75) is 39.5 Å². The smallest absolute Gasteiger partial charge is 0.338 e. The van der Waals surface area contributed by atoms with Gasteiger partial charge in [-0.3, -0.25) is 4.79 Å². The number of nitrogens with one attached hydrogen (secondary N) is 1. The van der Waals surface area contributed by atoms with E-state index in [0.29, 0.717) is 23.8 Å². The van der Waals surface area contributed by atoms with Crippen molar-refractivity contribution >= 4 is 23.5 Å². The summed E-state index contributed by atoms with van der Waals surface area (Å²) in [4.78, 5) is 35.3. The number of aryl methyl sites for hydroxylation is 1. The lowest BCUT2D eigenvalue weighted by Gasteiger charge is -2.20. The Balaban J connectivity index is 1.74. The van der Waals surface area contributed by atoms with Crippen LogP contribution >= 0.6 is 0 Å². The molecule has 1 aromatic heterocycles. The highest BCUT2D eigenvalue weighted by Gasteiger charge is 2.19. The fourth-order valence-electron chi connectivity index (χ4n) is 3.20. The molecule has 0 spiro atoms. The molecule has 0 radical (unpaired) electrons. The van der Waals surface area contributed by atoms with Crippen LogP contribution in [-0.2, 0) is 4.74 Å². The highest BCUT2D eigenvalue weighted by Crippen LogP contribution is 2.17. The van der Waals surface area contributed by atoms with Crippen molar-refractivity contribution in [2.24, 2.45) is 0 Å². The van der Waals surface area contributed by atoms with Crippen molar-refractivity contribution < 1.29 is 14.3 Å². The number of hydrogen-bond acceptors (Lipinski definition) is 6. The molecule has 28 heavy (non-hydrogen) atoms. The van der Waals surface area contributed by atoms with Gasteiger partial charge in [-0.2, -0.15) is 0 Å². The lowest BCUT2D eigenvalue weighted by molar-refractivity contribution is 0.0526. The Hall–Kier alpha value is -2.96. The first-order valence-electron chi connectivity index (χ1n) is 9.76. The summed E-state index contributed by atoms with van der Waals surface area (Å²) < 4.78 is 4.98. The highest BCUT2D eigenvalue weighted by atomic mass is 16.5. The second-order valence-electron chi connectivity index (χ2n) is 6.85. The van der Waals surface area contributed by atoms with E-state index in [9.17, 15) is 9.59 Å². The maximum Gasteiger partial charge on any atom is 0.338 e. The molecule has 0 bridgehead atoms. The van der Waals surface area contributed by atoms with Crippen molar-refractivity contribution in [1.82, 2.24) is 14.9 Å². The largest absolute Gasteiger partial charge is 0.462 e. The third kappa shape index (κ3) is 5.06. The molecule has 7 nitrogen and oxygen atoms in total. The average molecular weight is 382 g/mol. The third-order valence-electron chi connectivity index (χ3n) is 4.62.